The van der Waals surface area contributed by atoms with Crippen LogP contribution in [0.3, 0.4) is 0 Å². The lowest BCUT2D eigenvalue weighted by molar-refractivity contribution is 0.355. The molecule has 0 atom stereocenters. The second-order valence-corrected chi connectivity index (χ2v) is 6.74. The van der Waals surface area contributed by atoms with Crippen molar-refractivity contribution in [2.45, 2.75) is 12.1 Å². The third-order valence-electron chi connectivity index (χ3n) is 3.74. The molecule has 0 aliphatic rings. The summed E-state index contributed by atoms with van der Waals surface area (Å²) in [5, 5.41) is 9.64. The molecule has 0 aliphatic carbocycles. The summed E-state index contributed by atoms with van der Waals surface area (Å²) in [4.78, 5) is 0. The normalized spacial score (nSPS) is 10.6. The van der Waals surface area contributed by atoms with Crippen LogP contribution in [0.1, 0.15) is 6.92 Å². The molecule has 26 heavy (non-hydrogen) atoms. The van der Waals surface area contributed by atoms with E-state index in [2.05, 4.69) is 16.8 Å². The molecule has 134 valence electrons. The molecule has 5 nitrogen and oxygen atoms in total. The number of hydrogen-bond acceptors (Lipinski definition) is 5. The molecule has 0 saturated heterocycles. The summed E-state index contributed by atoms with van der Waals surface area (Å²) >= 11 is 1.61. The first-order chi connectivity index (χ1) is 12.6. The number of ether oxygens (including phenoxy) is 2. The first-order valence-electron chi connectivity index (χ1n) is 8.14. The number of hydrogen-bond donors (Lipinski definition) is 0. The quantitative estimate of drug-likeness (QED) is 0.450. The molecule has 0 bridgehead atoms. The molecular weight excluding hydrogens is 346 g/mol. The van der Waals surface area contributed by atoms with Crippen molar-refractivity contribution < 1.29 is 9.47 Å². The second-order valence-electron chi connectivity index (χ2n) is 5.79. The van der Waals surface area contributed by atoms with E-state index in [4.69, 9.17) is 9.47 Å². The van der Waals surface area contributed by atoms with Crippen molar-refractivity contribution in [1.82, 2.24) is 14.8 Å². The summed E-state index contributed by atoms with van der Waals surface area (Å²) in [5.74, 6) is 2.90. The molecular formula is C20H21N3O2S. The average Bonchev–Trinajstić information content (AvgIpc) is 3.10. The Balaban J connectivity index is 2.13. The molecule has 0 saturated carbocycles. The Morgan fingerprint density at radius 3 is 2.42 bits per heavy atom. The van der Waals surface area contributed by atoms with E-state index >= 15 is 0 Å². The fourth-order valence-corrected chi connectivity index (χ4v) is 3.32. The summed E-state index contributed by atoms with van der Waals surface area (Å²) in [5.41, 5.74) is 2.99. The molecule has 0 N–H and O–H groups in total. The Bertz CT molecular complexity index is 907. The van der Waals surface area contributed by atoms with Crippen molar-refractivity contribution in [2.24, 2.45) is 0 Å². The van der Waals surface area contributed by atoms with E-state index in [9.17, 15) is 0 Å². The van der Waals surface area contributed by atoms with Gasteiger partial charge in [0.15, 0.2) is 22.5 Å². The monoisotopic (exact) mass is 367 g/mol. The maximum atomic E-state index is 5.46. The van der Waals surface area contributed by atoms with Crippen molar-refractivity contribution in [3.8, 4) is 28.6 Å². The van der Waals surface area contributed by atoms with E-state index in [1.165, 1.54) is 0 Å². The van der Waals surface area contributed by atoms with Gasteiger partial charge in [0.1, 0.15) is 0 Å². The van der Waals surface area contributed by atoms with Crippen LogP contribution in [0.5, 0.6) is 11.5 Å². The minimum Gasteiger partial charge on any atom is -0.493 e. The SMILES string of the molecule is C=C(C)CSc1nnc(-c2ccccc2)n1-c1ccc(OC)c(OC)c1. The van der Waals surface area contributed by atoms with E-state index in [1.54, 1.807) is 26.0 Å². The Morgan fingerprint density at radius 2 is 1.77 bits per heavy atom. The van der Waals surface area contributed by atoms with Gasteiger partial charge in [-0.25, -0.2) is 0 Å². The van der Waals surface area contributed by atoms with Crippen LogP contribution in [0, 0.1) is 0 Å². The zero-order valence-electron chi connectivity index (χ0n) is 15.1. The molecule has 1 heterocycles. The van der Waals surface area contributed by atoms with Crippen LogP contribution >= 0.6 is 11.8 Å². The molecule has 0 fully saturated rings. The molecule has 6 heteroatoms. The summed E-state index contributed by atoms with van der Waals surface area (Å²) < 4.78 is 12.8. The van der Waals surface area contributed by atoms with Gasteiger partial charge in [0.05, 0.1) is 19.9 Å². The summed E-state index contributed by atoms with van der Waals surface area (Å²) in [6.07, 6.45) is 0. The lowest BCUT2D eigenvalue weighted by atomic mass is 10.2. The number of methoxy groups -OCH3 is 2. The first-order valence-corrected chi connectivity index (χ1v) is 9.13. The molecule has 3 rings (SSSR count). The number of nitrogens with zero attached hydrogens (tertiary/aromatic N) is 3. The van der Waals surface area contributed by atoms with Crippen LogP contribution in [0.2, 0.25) is 0 Å². The van der Waals surface area contributed by atoms with Gasteiger partial charge in [-0.1, -0.05) is 54.2 Å². The fourth-order valence-electron chi connectivity index (χ4n) is 2.52. The maximum absolute atomic E-state index is 5.46. The van der Waals surface area contributed by atoms with Crippen molar-refractivity contribution >= 4 is 11.8 Å². The molecule has 0 unspecified atom stereocenters. The van der Waals surface area contributed by atoms with Crippen molar-refractivity contribution in [3.63, 3.8) is 0 Å². The van der Waals surface area contributed by atoms with E-state index in [0.29, 0.717) is 11.5 Å². The van der Waals surface area contributed by atoms with Gasteiger partial charge in [0.25, 0.3) is 0 Å². The first kappa shape index (κ1) is 18.1. The van der Waals surface area contributed by atoms with Crippen molar-refractivity contribution in [3.05, 3.63) is 60.7 Å². The van der Waals surface area contributed by atoms with Crippen molar-refractivity contribution in [2.75, 3.05) is 20.0 Å². The van der Waals surface area contributed by atoms with E-state index in [-0.39, 0.29) is 0 Å². The lowest BCUT2D eigenvalue weighted by Crippen LogP contribution is -2.01. The average molecular weight is 367 g/mol. The van der Waals surface area contributed by atoms with Gasteiger partial charge in [-0.2, -0.15) is 0 Å². The van der Waals surface area contributed by atoms with Gasteiger partial charge in [0, 0.05) is 17.4 Å². The van der Waals surface area contributed by atoms with Gasteiger partial charge in [-0.15, -0.1) is 10.2 Å². The van der Waals surface area contributed by atoms with Crippen LogP contribution in [0.4, 0.5) is 0 Å². The summed E-state index contributed by atoms with van der Waals surface area (Å²) in [7, 11) is 3.25. The highest BCUT2D eigenvalue weighted by Crippen LogP contribution is 2.33. The Morgan fingerprint density at radius 1 is 1.04 bits per heavy atom. The minimum atomic E-state index is 0.661. The van der Waals surface area contributed by atoms with E-state index in [1.807, 2.05) is 60.0 Å². The molecule has 0 radical (unpaired) electrons. The Kier molecular flexibility index (Phi) is 5.63. The molecule has 2 aromatic carbocycles. The van der Waals surface area contributed by atoms with Gasteiger partial charge in [0.2, 0.25) is 0 Å². The maximum Gasteiger partial charge on any atom is 0.196 e. The Hall–Kier alpha value is -2.73. The predicted octanol–water partition coefficient (Wildman–Crippen LogP) is 4.62. The lowest BCUT2D eigenvalue weighted by Gasteiger charge is -2.13. The molecule has 1 aromatic heterocycles. The van der Waals surface area contributed by atoms with E-state index < -0.39 is 0 Å². The summed E-state index contributed by atoms with van der Waals surface area (Å²) in [6, 6.07) is 15.8. The highest BCUT2D eigenvalue weighted by molar-refractivity contribution is 7.99. The van der Waals surface area contributed by atoms with Crippen molar-refractivity contribution in [1.29, 1.82) is 0 Å². The molecule has 0 aliphatic heterocycles. The van der Waals surface area contributed by atoms with Gasteiger partial charge in [-0.05, 0) is 19.1 Å². The smallest absolute Gasteiger partial charge is 0.196 e. The van der Waals surface area contributed by atoms with Crippen LogP contribution in [-0.2, 0) is 0 Å². The van der Waals surface area contributed by atoms with Crippen LogP contribution in [0.15, 0.2) is 65.8 Å². The zero-order chi connectivity index (χ0) is 18.5. The number of rotatable bonds is 7. The number of aromatic nitrogens is 3. The topological polar surface area (TPSA) is 49.2 Å². The highest BCUT2D eigenvalue weighted by atomic mass is 32.2. The van der Waals surface area contributed by atoms with E-state index in [0.717, 1.165) is 33.6 Å². The Labute approximate surface area is 157 Å². The standard InChI is InChI=1S/C20H21N3O2S/c1-14(2)13-26-20-22-21-19(15-8-6-5-7-9-15)23(20)16-10-11-17(24-3)18(12-16)25-4/h5-12H,1,13H2,2-4H3. The van der Waals surface area contributed by atoms with Gasteiger partial charge >= 0.3 is 0 Å². The largest absolute Gasteiger partial charge is 0.493 e. The number of thioether (sulfide) groups is 1. The third-order valence-corrected chi connectivity index (χ3v) is 4.90. The fraction of sp³-hybridized carbons (Fsp3) is 0.200. The van der Waals surface area contributed by atoms with Crippen LogP contribution in [-0.4, -0.2) is 34.7 Å². The van der Waals surface area contributed by atoms with Gasteiger partial charge < -0.3 is 9.47 Å². The highest BCUT2D eigenvalue weighted by Gasteiger charge is 2.17. The molecule has 3 aromatic rings. The summed E-state index contributed by atoms with van der Waals surface area (Å²) in [6.45, 7) is 5.98. The minimum absolute atomic E-state index is 0.661. The van der Waals surface area contributed by atoms with Crippen LogP contribution in [0.25, 0.3) is 17.1 Å². The predicted molar refractivity (Wildman–Crippen MR) is 105 cm³/mol. The third kappa shape index (κ3) is 3.75. The van der Waals surface area contributed by atoms with Gasteiger partial charge in [-0.3, -0.25) is 4.57 Å². The zero-order valence-corrected chi connectivity index (χ0v) is 15.9. The number of benzene rings is 2. The molecule has 0 amide bonds. The molecule has 0 spiro atoms. The van der Waals surface area contributed by atoms with Crippen LogP contribution < -0.4 is 9.47 Å². The second kappa shape index (κ2) is 8.10.